The Morgan fingerprint density at radius 1 is 1.48 bits per heavy atom. The van der Waals surface area contributed by atoms with Gasteiger partial charge in [-0.3, -0.25) is 0 Å². The Labute approximate surface area is 121 Å². The largest absolute Gasteiger partial charge is 0.478 e. The van der Waals surface area contributed by atoms with E-state index in [4.69, 9.17) is 15.6 Å². The van der Waals surface area contributed by atoms with E-state index in [0.29, 0.717) is 11.6 Å². The Bertz CT molecular complexity index is 747. The van der Waals surface area contributed by atoms with Gasteiger partial charge >= 0.3 is 5.76 Å². The lowest BCUT2D eigenvalue weighted by atomic mass is 9.97. The predicted molar refractivity (Wildman–Crippen MR) is 75.1 cm³/mol. The smallest absolute Gasteiger partial charge is 0.441 e. The minimum atomic E-state index is -0.644. The van der Waals surface area contributed by atoms with Crippen molar-refractivity contribution in [1.82, 2.24) is 9.78 Å². The summed E-state index contributed by atoms with van der Waals surface area (Å²) in [4.78, 5) is 11.9. The molecule has 0 fully saturated rings. The van der Waals surface area contributed by atoms with Crippen LogP contribution in [0.1, 0.15) is 26.7 Å². The number of hydrogen-bond donors (Lipinski definition) is 0. The summed E-state index contributed by atoms with van der Waals surface area (Å²) in [5.41, 5.74) is -0.0690. The number of nitrogens with zero attached hydrogens (tertiary/aromatic N) is 2. The molecule has 0 amide bonds. The molecule has 0 atom stereocenters. The van der Waals surface area contributed by atoms with Crippen LogP contribution in [0, 0.1) is 18.2 Å². The average molecular weight is 290 g/mol. The van der Waals surface area contributed by atoms with E-state index in [-0.39, 0.29) is 12.4 Å². The van der Waals surface area contributed by atoms with Gasteiger partial charge < -0.3 is 9.15 Å². The van der Waals surface area contributed by atoms with Crippen LogP contribution in [0.3, 0.4) is 0 Å². The molecule has 0 N–H and O–H groups in total. The summed E-state index contributed by atoms with van der Waals surface area (Å²) in [5, 5.41) is 4.12. The Balaban J connectivity index is 2.46. The number of aromatic nitrogens is 2. The van der Waals surface area contributed by atoms with Gasteiger partial charge in [0.1, 0.15) is 6.61 Å². The highest BCUT2D eigenvalue weighted by molar-refractivity contribution is 5.39. The number of benzene rings is 1. The molecule has 110 valence electrons. The molecule has 0 bridgehead atoms. The number of rotatable bonds is 3. The van der Waals surface area contributed by atoms with Crippen molar-refractivity contribution in [1.29, 1.82) is 0 Å². The van der Waals surface area contributed by atoms with Gasteiger partial charge in [-0.25, -0.2) is 9.18 Å². The highest BCUT2D eigenvalue weighted by Gasteiger charge is 2.23. The number of ether oxygens (including phenoxy) is 1. The van der Waals surface area contributed by atoms with Crippen molar-refractivity contribution in [2.75, 3.05) is 6.61 Å². The molecule has 2 rings (SSSR count). The van der Waals surface area contributed by atoms with Gasteiger partial charge in [-0.2, -0.15) is 4.68 Å². The molecule has 0 unspecified atom stereocenters. The minimum Gasteiger partial charge on any atom is -0.478 e. The molecule has 0 aliphatic carbocycles. The predicted octanol–water partition coefficient (Wildman–Crippen LogP) is 2.27. The van der Waals surface area contributed by atoms with Crippen LogP contribution in [-0.4, -0.2) is 16.4 Å². The summed E-state index contributed by atoms with van der Waals surface area (Å²) in [6.45, 7) is 5.54. The summed E-state index contributed by atoms with van der Waals surface area (Å²) in [7, 11) is 0. The maximum absolute atomic E-state index is 13.6. The highest BCUT2D eigenvalue weighted by atomic mass is 19.1. The first-order valence-electron chi connectivity index (χ1n) is 6.30. The maximum Gasteiger partial charge on any atom is 0.441 e. The SMILES string of the molecule is C#CCOc1cc(-n2nc(C(C)(C)C)oc2=O)ccc1F. The topological polar surface area (TPSA) is 57.3 Å². The lowest BCUT2D eigenvalue weighted by molar-refractivity contribution is 0.348. The van der Waals surface area contributed by atoms with Crippen molar-refractivity contribution in [2.24, 2.45) is 0 Å². The fraction of sp³-hybridized carbons (Fsp3) is 0.333. The molecule has 1 heterocycles. The van der Waals surface area contributed by atoms with E-state index in [0.717, 1.165) is 4.68 Å². The second-order valence-corrected chi connectivity index (χ2v) is 5.44. The lowest BCUT2D eigenvalue weighted by Gasteiger charge is -2.11. The van der Waals surface area contributed by atoms with Crippen LogP contribution in [0.25, 0.3) is 5.69 Å². The highest BCUT2D eigenvalue weighted by Crippen LogP contribution is 2.22. The monoisotopic (exact) mass is 290 g/mol. The molecule has 0 aliphatic rings. The normalized spacial score (nSPS) is 11.2. The summed E-state index contributed by atoms with van der Waals surface area (Å²) >= 11 is 0. The Morgan fingerprint density at radius 3 is 2.76 bits per heavy atom. The zero-order valence-corrected chi connectivity index (χ0v) is 12.0. The van der Waals surface area contributed by atoms with Crippen LogP contribution < -0.4 is 10.5 Å². The molecule has 6 heteroatoms. The van der Waals surface area contributed by atoms with Crippen LogP contribution in [0.2, 0.25) is 0 Å². The van der Waals surface area contributed by atoms with Gasteiger partial charge in [0.05, 0.1) is 5.69 Å². The van der Waals surface area contributed by atoms with E-state index in [1.165, 1.54) is 18.2 Å². The van der Waals surface area contributed by atoms with Crippen LogP contribution >= 0.6 is 0 Å². The Hall–Kier alpha value is -2.55. The van der Waals surface area contributed by atoms with Crippen molar-refractivity contribution < 1.29 is 13.5 Å². The molecular formula is C15H15FN2O3. The molecule has 2 aromatic rings. The second-order valence-electron chi connectivity index (χ2n) is 5.44. The third-order valence-electron chi connectivity index (χ3n) is 2.66. The molecule has 1 aromatic heterocycles. The first kappa shape index (κ1) is 14.9. The zero-order valence-electron chi connectivity index (χ0n) is 12.0. The van der Waals surface area contributed by atoms with Crippen LogP contribution in [0.5, 0.6) is 5.75 Å². The van der Waals surface area contributed by atoms with Crippen molar-refractivity contribution in [3.05, 3.63) is 40.5 Å². The lowest BCUT2D eigenvalue weighted by Crippen LogP contribution is -2.14. The minimum absolute atomic E-state index is 0.0438. The number of hydrogen-bond acceptors (Lipinski definition) is 4. The second kappa shape index (κ2) is 5.44. The summed E-state index contributed by atoms with van der Waals surface area (Å²) < 4.78 is 24.8. The molecule has 0 spiro atoms. The molecule has 1 aromatic carbocycles. The quantitative estimate of drug-likeness (QED) is 0.814. The van der Waals surface area contributed by atoms with E-state index in [1.807, 2.05) is 20.8 Å². The summed E-state index contributed by atoms with van der Waals surface area (Å²) in [5.74, 6) is 1.28. The molecule has 0 aliphatic heterocycles. The van der Waals surface area contributed by atoms with E-state index < -0.39 is 17.0 Å². The van der Waals surface area contributed by atoms with E-state index >= 15 is 0 Å². The van der Waals surface area contributed by atoms with Crippen molar-refractivity contribution in [3.8, 4) is 23.8 Å². The summed E-state index contributed by atoms with van der Waals surface area (Å²) in [6.07, 6.45) is 5.07. The van der Waals surface area contributed by atoms with Crippen LogP contribution in [0.4, 0.5) is 4.39 Å². The van der Waals surface area contributed by atoms with E-state index in [2.05, 4.69) is 11.0 Å². The Morgan fingerprint density at radius 2 is 2.19 bits per heavy atom. The fourth-order valence-corrected chi connectivity index (χ4v) is 1.60. The van der Waals surface area contributed by atoms with Gasteiger partial charge in [0.25, 0.3) is 0 Å². The van der Waals surface area contributed by atoms with Crippen molar-refractivity contribution in [2.45, 2.75) is 26.2 Å². The van der Waals surface area contributed by atoms with E-state index in [9.17, 15) is 9.18 Å². The first-order chi connectivity index (χ1) is 9.82. The molecule has 0 radical (unpaired) electrons. The van der Waals surface area contributed by atoms with Gasteiger partial charge in [0.2, 0.25) is 5.89 Å². The third-order valence-corrected chi connectivity index (χ3v) is 2.66. The number of halogens is 1. The van der Waals surface area contributed by atoms with Gasteiger partial charge in [0.15, 0.2) is 11.6 Å². The molecule has 0 saturated carbocycles. The number of terminal acetylenes is 1. The van der Waals surface area contributed by atoms with Gasteiger partial charge in [-0.1, -0.05) is 26.7 Å². The van der Waals surface area contributed by atoms with Crippen LogP contribution in [0.15, 0.2) is 27.4 Å². The van der Waals surface area contributed by atoms with Crippen LogP contribution in [-0.2, 0) is 5.41 Å². The van der Waals surface area contributed by atoms with Gasteiger partial charge in [-0.15, -0.1) is 11.5 Å². The fourth-order valence-electron chi connectivity index (χ4n) is 1.60. The average Bonchev–Trinajstić information content (AvgIpc) is 2.80. The van der Waals surface area contributed by atoms with E-state index in [1.54, 1.807) is 0 Å². The molecule has 21 heavy (non-hydrogen) atoms. The van der Waals surface area contributed by atoms with Crippen molar-refractivity contribution >= 4 is 0 Å². The van der Waals surface area contributed by atoms with Gasteiger partial charge in [-0.05, 0) is 12.1 Å². The zero-order chi connectivity index (χ0) is 15.6. The maximum atomic E-state index is 13.6. The Kier molecular flexibility index (Phi) is 3.85. The first-order valence-corrected chi connectivity index (χ1v) is 6.30. The molecule has 0 saturated heterocycles. The molecule has 5 nitrogen and oxygen atoms in total. The van der Waals surface area contributed by atoms with Gasteiger partial charge in [0, 0.05) is 11.5 Å². The summed E-state index contributed by atoms with van der Waals surface area (Å²) in [6, 6.07) is 3.94. The molecular weight excluding hydrogens is 275 g/mol. The van der Waals surface area contributed by atoms with Crippen molar-refractivity contribution in [3.63, 3.8) is 0 Å². The standard InChI is InChI=1S/C15H15FN2O3/c1-5-8-20-12-9-10(6-7-11(12)16)18-14(19)21-13(17-18)15(2,3)4/h1,6-7,9H,8H2,2-4H3. The third kappa shape index (κ3) is 3.14.